The molecule has 14 heavy (non-hydrogen) atoms. The standard InChI is InChI=1S/C8H6O4.2H3P/c9-7(10)5-2-1-3-6(4-5)8(11)12;;/h1-4H,(H,9,10)(H,11,12);2*1H3. The molecule has 0 saturated carbocycles. The molecule has 0 aliphatic rings. The van der Waals surface area contributed by atoms with Crippen molar-refractivity contribution in [2.45, 2.75) is 0 Å². The largest absolute Gasteiger partial charge is 0.478 e. The van der Waals surface area contributed by atoms with Gasteiger partial charge in [-0.3, -0.25) is 0 Å². The Kier molecular flexibility index (Phi) is 7.16. The van der Waals surface area contributed by atoms with Gasteiger partial charge in [0.25, 0.3) is 0 Å². The summed E-state index contributed by atoms with van der Waals surface area (Å²) in [5, 5.41) is 17.0. The van der Waals surface area contributed by atoms with Gasteiger partial charge in [-0.25, -0.2) is 9.59 Å². The Morgan fingerprint density at radius 3 is 1.57 bits per heavy atom. The van der Waals surface area contributed by atoms with Gasteiger partial charge in [0.1, 0.15) is 0 Å². The average Bonchev–Trinajstić information content (AvgIpc) is 2.04. The van der Waals surface area contributed by atoms with Gasteiger partial charge in [-0.15, -0.1) is 0 Å². The minimum absolute atomic E-state index is 0. The molecule has 0 heterocycles. The molecule has 1 rings (SSSR count). The van der Waals surface area contributed by atoms with Crippen LogP contribution >= 0.6 is 19.8 Å². The first-order valence-corrected chi connectivity index (χ1v) is 3.18. The van der Waals surface area contributed by atoms with Gasteiger partial charge in [0.15, 0.2) is 0 Å². The molecule has 1 aromatic carbocycles. The van der Waals surface area contributed by atoms with Gasteiger partial charge in [0.2, 0.25) is 0 Å². The predicted molar refractivity (Wildman–Crippen MR) is 62.6 cm³/mol. The van der Waals surface area contributed by atoms with Crippen LogP contribution in [0.4, 0.5) is 0 Å². The zero-order valence-electron chi connectivity index (χ0n) is 7.43. The summed E-state index contributed by atoms with van der Waals surface area (Å²) in [5.74, 6) is -2.25. The molecule has 0 fully saturated rings. The molecule has 2 N–H and O–H groups in total. The van der Waals surface area contributed by atoms with E-state index in [2.05, 4.69) is 0 Å². The number of carboxylic acids is 2. The second-order valence-electron chi connectivity index (χ2n) is 2.19. The molecule has 0 spiro atoms. The lowest BCUT2D eigenvalue weighted by molar-refractivity contribution is 0.0696. The Bertz CT molecular complexity index is 309. The number of carbonyl (C=O) groups is 2. The van der Waals surface area contributed by atoms with Crippen molar-refractivity contribution in [1.82, 2.24) is 0 Å². The molecule has 4 nitrogen and oxygen atoms in total. The van der Waals surface area contributed by atoms with E-state index in [9.17, 15) is 9.59 Å². The zero-order chi connectivity index (χ0) is 9.14. The van der Waals surface area contributed by atoms with Gasteiger partial charge < -0.3 is 10.2 Å². The molecule has 0 aromatic heterocycles. The average molecular weight is 234 g/mol. The van der Waals surface area contributed by atoms with Crippen LogP contribution in [0.15, 0.2) is 24.3 Å². The molecule has 0 bridgehead atoms. The van der Waals surface area contributed by atoms with E-state index in [1.165, 1.54) is 18.2 Å². The molecule has 0 saturated heterocycles. The van der Waals surface area contributed by atoms with Crippen LogP contribution in [-0.4, -0.2) is 22.2 Å². The summed E-state index contributed by atoms with van der Waals surface area (Å²) in [7, 11) is 0. The third kappa shape index (κ3) is 3.82. The first-order valence-electron chi connectivity index (χ1n) is 3.18. The van der Waals surface area contributed by atoms with Crippen LogP contribution in [0.25, 0.3) is 0 Å². The molecule has 1 aromatic rings. The van der Waals surface area contributed by atoms with Gasteiger partial charge >= 0.3 is 11.9 Å². The van der Waals surface area contributed by atoms with Crippen LogP contribution in [0.5, 0.6) is 0 Å². The zero-order valence-corrected chi connectivity index (χ0v) is 10.3. The van der Waals surface area contributed by atoms with Crippen LogP contribution in [-0.2, 0) is 0 Å². The van der Waals surface area contributed by atoms with Crippen LogP contribution in [0.2, 0.25) is 0 Å². The van der Waals surface area contributed by atoms with Gasteiger partial charge in [0.05, 0.1) is 11.1 Å². The van der Waals surface area contributed by atoms with E-state index in [4.69, 9.17) is 10.2 Å². The Morgan fingerprint density at radius 1 is 0.929 bits per heavy atom. The van der Waals surface area contributed by atoms with E-state index in [1.54, 1.807) is 0 Å². The molecule has 0 aliphatic carbocycles. The monoisotopic (exact) mass is 234 g/mol. The lowest BCUT2D eigenvalue weighted by atomic mass is 10.1. The third-order valence-electron chi connectivity index (χ3n) is 1.36. The lowest BCUT2D eigenvalue weighted by Gasteiger charge is -1.95. The molecule has 0 amide bonds. The highest BCUT2D eigenvalue weighted by molar-refractivity contribution is 6.92. The fraction of sp³-hybridized carbons (Fsp3) is 0. The highest BCUT2D eigenvalue weighted by Crippen LogP contribution is 2.04. The molecular formula is C8H12O4P2. The lowest BCUT2D eigenvalue weighted by Crippen LogP contribution is -2.01. The fourth-order valence-electron chi connectivity index (χ4n) is 0.785. The van der Waals surface area contributed by atoms with E-state index < -0.39 is 11.9 Å². The minimum Gasteiger partial charge on any atom is -0.478 e. The normalized spacial score (nSPS) is 8.00. The fourth-order valence-corrected chi connectivity index (χ4v) is 0.785. The maximum absolute atomic E-state index is 10.4. The topological polar surface area (TPSA) is 74.6 Å². The predicted octanol–water partition coefficient (Wildman–Crippen LogP) is 1.20. The van der Waals surface area contributed by atoms with E-state index in [-0.39, 0.29) is 30.9 Å². The summed E-state index contributed by atoms with van der Waals surface area (Å²) in [6.07, 6.45) is 0. The number of hydrogen-bond acceptors (Lipinski definition) is 2. The van der Waals surface area contributed by atoms with Crippen LogP contribution in [0, 0.1) is 0 Å². The third-order valence-corrected chi connectivity index (χ3v) is 1.36. The highest BCUT2D eigenvalue weighted by atomic mass is 31.0. The molecule has 6 heteroatoms. The number of aromatic carboxylic acids is 2. The SMILES string of the molecule is O=C(O)c1cccc(C(=O)O)c1.P.P. The summed E-state index contributed by atoms with van der Waals surface area (Å²) in [6.45, 7) is 0. The molecular weight excluding hydrogens is 222 g/mol. The van der Waals surface area contributed by atoms with Crippen molar-refractivity contribution in [1.29, 1.82) is 0 Å². The minimum atomic E-state index is -1.13. The Hall–Kier alpha value is -0.980. The summed E-state index contributed by atoms with van der Waals surface area (Å²) in [6, 6.07) is 5.20. The Morgan fingerprint density at radius 2 is 1.29 bits per heavy atom. The van der Waals surface area contributed by atoms with Crippen molar-refractivity contribution in [3.63, 3.8) is 0 Å². The first kappa shape index (κ1) is 15.5. The molecule has 2 atom stereocenters. The maximum atomic E-state index is 10.4. The van der Waals surface area contributed by atoms with Crippen LogP contribution < -0.4 is 0 Å². The number of rotatable bonds is 2. The van der Waals surface area contributed by atoms with Gasteiger partial charge in [-0.1, -0.05) is 6.07 Å². The quantitative estimate of drug-likeness (QED) is 0.754. The first-order chi connectivity index (χ1) is 5.61. The second-order valence-corrected chi connectivity index (χ2v) is 2.19. The second kappa shape index (κ2) is 6.47. The van der Waals surface area contributed by atoms with Crippen molar-refractivity contribution in [2.75, 3.05) is 0 Å². The van der Waals surface area contributed by atoms with E-state index in [0.717, 1.165) is 6.07 Å². The molecule has 0 aliphatic heterocycles. The van der Waals surface area contributed by atoms with Crippen molar-refractivity contribution >= 4 is 31.7 Å². The summed E-state index contributed by atoms with van der Waals surface area (Å²) in [4.78, 5) is 20.8. The molecule has 78 valence electrons. The Balaban J connectivity index is 0. The van der Waals surface area contributed by atoms with Crippen molar-refractivity contribution in [2.24, 2.45) is 0 Å². The van der Waals surface area contributed by atoms with Crippen molar-refractivity contribution in [3.05, 3.63) is 35.4 Å². The smallest absolute Gasteiger partial charge is 0.335 e. The molecule has 0 radical (unpaired) electrons. The van der Waals surface area contributed by atoms with Gasteiger partial charge in [-0.2, -0.15) is 19.8 Å². The van der Waals surface area contributed by atoms with Crippen molar-refractivity contribution in [3.8, 4) is 0 Å². The Labute approximate surface area is 87.6 Å². The number of carboxylic acid groups (broad SMARTS) is 2. The van der Waals surface area contributed by atoms with Crippen LogP contribution in [0.3, 0.4) is 0 Å². The maximum Gasteiger partial charge on any atom is 0.335 e. The van der Waals surface area contributed by atoms with E-state index >= 15 is 0 Å². The van der Waals surface area contributed by atoms with Gasteiger partial charge in [-0.05, 0) is 18.2 Å². The summed E-state index contributed by atoms with van der Waals surface area (Å²) in [5.41, 5.74) is -0.0372. The number of benzene rings is 1. The van der Waals surface area contributed by atoms with E-state index in [1.807, 2.05) is 0 Å². The molecule has 2 unspecified atom stereocenters. The summed E-state index contributed by atoms with van der Waals surface area (Å²) < 4.78 is 0. The van der Waals surface area contributed by atoms with Crippen molar-refractivity contribution < 1.29 is 19.8 Å². The van der Waals surface area contributed by atoms with Crippen LogP contribution in [0.1, 0.15) is 20.7 Å². The summed E-state index contributed by atoms with van der Waals surface area (Å²) >= 11 is 0. The van der Waals surface area contributed by atoms with E-state index in [0.29, 0.717) is 0 Å². The highest BCUT2D eigenvalue weighted by Gasteiger charge is 2.06. The number of hydrogen-bond donors (Lipinski definition) is 2. The van der Waals surface area contributed by atoms with Gasteiger partial charge in [0, 0.05) is 0 Å².